The molecule has 0 N–H and O–H groups in total. The lowest BCUT2D eigenvalue weighted by Gasteiger charge is -2.04. The van der Waals surface area contributed by atoms with Crippen LogP contribution < -0.4 is 0 Å². The zero-order valence-electron chi connectivity index (χ0n) is 10.2. The van der Waals surface area contributed by atoms with Gasteiger partial charge in [-0.3, -0.25) is 24.2 Å². The minimum Gasteiger partial charge on any atom is -0.300 e. The first-order valence-corrected chi connectivity index (χ1v) is 5.42. The van der Waals surface area contributed by atoms with E-state index in [1.165, 1.54) is 32.2 Å². The molecule has 1 aromatic heterocycles. The van der Waals surface area contributed by atoms with E-state index in [9.17, 15) is 19.2 Å². The van der Waals surface area contributed by atoms with Gasteiger partial charge in [-0.15, -0.1) is 0 Å². The summed E-state index contributed by atoms with van der Waals surface area (Å²) < 4.78 is 0. The predicted molar refractivity (Wildman–Crippen MR) is 63.5 cm³/mol. The molecule has 0 aromatic carbocycles. The van der Waals surface area contributed by atoms with Crippen molar-refractivity contribution in [1.82, 2.24) is 4.98 Å². The van der Waals surface area contributed by atoms with E-state index >= 15 is 0 Å². The maximum absolute atomic E-state index is 11.8. The lowest BCUT2D eigenvalue weighted by atomic mass is 10.0. The second-order valence-electron chi connectivity index (χ2n) is 4.00. The van der Waals surface area contributed by atoms with Crippen LogP contribution in [0.1, 0.15) is 47.5 Å². The van der Waals surface area contributed by atoms with Gasteiger partial charge in [0.1, 0.15) is 17.3 Å². The largest absolute Gasteiger partial charge is 0.300 e. The van der Waals surface area contributed by atoms with Crippen molar-refractivity contribution in [2.24, 2.45) is 0 Å². The monoisotopic (exact) mass is 247 g/mol. The third-order valence-electron chi connectivity index (χ3n) is 2.19. The summed E-state index contributed by atoms with van der Waals surface area (Å²) in [6, 6.07) is 2.95. The van der Waals surface area contributed by atoms with E-state index in [1.54, 1.807) is 0 Å². The van der Waals surface area contributed by atoms with Gasteiger partial charge in [0.05, 0.1) is 12.8 Å². The molecular formula is C13H13NO4. The maximum Gasteiger partial charge on any atom is 0.189 e. The highest BCUT2D eigenvalue weighted by atomic mass is 16.2. The summed E-state index contributed by atoms with van der Waals surface area (Å²) in [5.41, 5.74) is 0.0536. The van der Waals surface area contributed by atoms with E-state index in [2.05, 4.69) is 4.98 Å². The molecule has 1 rings (SSSR count). The summed E-state index contributed by atoms with van der Waals surface area (Å²) in [6.07, 6.45) is 0.807. The van der Waals surface area contributed by atoms with Gasteiger partial charge >= 0.3 is 0 Å². The van der Waals surface area contributed by atoms with Crippen molar-refractivity contribution in [3.8, 4) is 0 Å². The molecule has 0 saturated carbocycles. The van der Waals surface area contributed by atoms with Gasteiger partial charge in [-0.2, -0.15) is 0 Å². The van der Waals surface area contributed by atoms with E-state index in [0.29, 0.717) is 0 Å². The average Bonchev–Trinajstić information content (AvgIpc) is 2.27. The smallest absolute Gasteiger partial charge is 0.189 e. The Bertz CT molecular complexity index is 472. The summed E-state index contributed by atoms with van der Waals surface area (Å²) in [7, 11) is 0. The number of carbonyl (C=O) groups is 4. The van der Waals surface area contributed by atoms with Crippen molar-refractivity contribution in [2.75, 3.05) is 0 Å². The molecule has 5 heteroatoms. The fourth-order valence-electron chi connectivity index (χ4n) is 1.48. The molecule has 1 aromatic rings. The topological polar surface area (TPSA) is 81.2 Å². The first-order chi connectivity index (χ1) is 8.41. The van der Waals surface area contributed by atoms with Crippen molar-refractivity contribution in [3.63, 3.8) is 0 Å². The lowest BCUT2D eigenvalue weighted by Crippen LogP contribution is -2.15. The fourth-order valence-corrected chi connectivity index (χ4v) is 1.48. The molecule has 0 bridgehead atoms. The molecule has 1 heterocycles. The second kappa shape index (κ2) is 5.95. The van der Waals surface area contributed by atoms with Crippen LogP contribution in [0.3, 0.4) is 0 Å². The lowest BCUT2D eigenvalue weighted by molar-refractivity contribution is -0.117. The molecule has 0 fully saturated rings. The van der Waals surface area contributed by atoms with Gasteiger partial charge in [0, 0.05) is 11.8 Å². The van der Waals surface area contributed by atoms with Crippen LogP contribution in [0, 0.1) is 0 Å². The van der Waals surface area contributed by atoms with E-state index < -0.39 is 11.6 Å². The Morgan fingerprint density at radius 2 is 1.56 bits per heavy atom. The van der Waals surface area contributed by atoms with Crippen LogP contribution in [0.4, 0.5) is 0 Å². The Labute approximate surface area is 104 Å². The quantitative estimate of drug-likeness (QED) is 0.560. The number of carbonyl (C=O) groups excluding carboxylic acids is 4. The number of Topliss-reactive ketones (excluding diaryl/α,β-unsaturated/α-hetero) is 4. The number of aromatic nitrogens is 1. The third-order valence-corrected chi connectivity index (χ3v) is 2.19. The standard InChI is InChI=1S/C13H13NO4/c1-8(15)6-11(17)10-4-3-5-14-13(10)12(18)7-9(2)16/h3-5H,6-7H2,1-2H3. The number of rotatable bonds is 6. The van der Waals surface area contributed by atoms with E-state index in [1.807, 2.05) is 0 Å². The summed E-state index contributed by atoms with van der Waals surface area (Å²) >= 11 is 0. The average molecular weight is 247 g/mol. The van der Waals surface area contributed by atoms with Crippen molar-refractivity contribution >= 4 is 23.1 Å². The molecule has 0 spiro atoms. The van der Waals surface area contributed by atoms with Gasteiger partial charge in [-0.05, 0) is 26.0 Å². The SMILES string of the molecule is CC(=O)CC(=O)c1cccnc1C(=O)CC(C)=O. The van der Waals surface area contributed by atoms with Gasteiger partial charge in [0.2, 0.25) is 0 Å². The van der Waals surface area contributed by atoms with Crippen molar-refractivity contribution in [1.29, 1.82) is 0 Å². The van der Waals surface area contributed by atoms with Crippen LogP contribution in [0.2, 0.25) is 0 Å². The van der Waals surface area contributed by atoms with Gasteiger partial charge in [-0.1, -0.05) is 0 Å². The molecule has 0 unspecified atom stereocenters. The summed E-state index contributed by atoms with van der Waals surface area (Å²) in [5, 5.41) is 0. The zero-order chi connectivity index (χ0) is 13.7. The maximum atomic E-state index is 11.8. The highest BCUT2D eigenvalue weighted by Crippen LogP contribution is 2.11. The number of nitrogens with zero attached hydrogens (tertiary/aromatic N) is 1. The van der Waals surface area contributed by atoms with Gasteiger partial charge < -0.3 is 0 Å². The molecule has 0 atom stereocenters. The Balaban J connectivity index is 3.06. The summed E-state index contributed by atoms with van der Waals surface area (Å²) in [4.78, 5) is 49.1. The van der Waals surface area contributed by atoms with E-state index in [4.69, 9.17) is 0 Å². The normalized spacial score (nSPS) is 9.89. The molecule has 5 nitrogen and oxygen atoms in total. The first kappa shape index (κ1) is 13.9. The number of hydrogen-bond donors (Lipinski definition) is 0. The van der Waals surface area contributed by atoms with Crippen LogP contribution in [0.15, 0.2) is 18.3 Å². The fraction of sp³-hybridized carbons (Fsp3) is 0.308. The molecule has 0 aliphatic heterocycles. The summed E-state index contributed by atoms with van der Waals surface area (Å²) in [5.74, 6) is -1.54. The molecule has 94 valence electrons. The molecule has 0 saturated heterocycles. The van der Waals surface area contributed by atoms with E-state index in [0.717, 1.165) is 0 Å². The molecular weight excluding hydrogens is 234 g/mol. The highest BCUT2D eigenvalue weighted by Gasteiger charge is 2.19. The summed E-state index contributed by atoms with van der Waals surface area (Å²) in [6.45, 7) is 2.59. The Hall–Kier alpha value is -2.17. The van der Waals surface area contributed by atoms with Gasteiger partial charge in [0.15, 0.2) is 11.6 Å². The zero-order valence-corrected chi connectivity index (χ0v) is 10.2. The van der Waals surface area contributed by atoms with Gasteiger partial charge in [0.25, 0.3) is 0 Å². The Morgan fingerprint density at radius 3 is 2.11 bits per heavy atom. The molecule has 0 amide bonds. The molecule has 0 radical (unpaired) electrons. The minimum absolute atomic E-state index is 0.0426. The van der Waals surface area contributed by atoms with Crippen LogP contribution in [0.25, 0.3) is 0 Å². The Morgan fingerprint density at radius 1 is 1.00 bits per heavy atom. The van der Waals surface area contributed by atoms with Gasteiger partial charge in [-0.25, -0.2) is 0 Å². The predicted octanol–water partition coefficient (Wildman–Crippen LogP) is 1.41. The molecule has 18 heavy (non-hydrogen) atoms. The Kier molecular flexibility index (Phi) is 4.59. The van der Waals surface area contributed by atoms with Crippen LogP contribution in [-0.2, 0) is 9.59 Å². The first-order valence-electron chi connectivity index (χ1n) is 5.42. The van der Waals surface area contributed by atoms with Crippen LogP contribution in [0.5, 0.6) is 0 Å². The van der Waals surface area contributed by atoms with Crippen molar-refractivity contribution < 1.29 is 19.2 Å². The van der Waals surface area contributed by atoms with E-state index in [-0.39, 0.29) is 35.7 Å². The number of pyridine rings is 1. The van der Waals surface area contributed by atoms with Crippen LogP contribution >= 0.6 is 0 Å². The molecule has 0 aliphatic rings. The number of ketones is 4. The minimum atomic E-state index is -0.505. The number of hydrogen-bond acceptors (Lipinski definition) is 5. The molecule has 0 aliphatic carbocycles. The second-order valence-corrected chi connectivity index (χ2v) is 4.00. The van der Waals surface area contributed by atoms with Crippen molar-refractivity contribution in [3.05, 3.63) is 29.6 Å². The van der Waals surface area contributed by atoms with Crippen LogP contribution in [-0.4, -0.2) is 28.1 Å². The van der Waals surface area contributed by atoms with Crippen molar-refractivity contribution in [2.45, 2.75) is 26.7 Å². The third kappa shape index (κ3) is 3.69. The highest BCUT2D eigenvalue weighted by molar-refractivity contribution is 6.15.